The van der Waals surface area contributed by atoms with Crippen LogP contribution in [0.4, 0.5) is 0 Å². The maximum atomic E-state index is 12.2. The van der Waals surface area contributed by atoms with E-state index in [0.29, 0.717) is 23.6 Å². The highest BCUT2D eigenvalue weighted by Crippen LogP contribution is 2.43. The molecule has 1 aromatic carbocycles. The molecule has 3 aromatic rings. The zero-order valence-corrected chi connectivity index (χ0v) is 13.5. The first-order valence-electron chi connectivity index (χ1n) is 8.34. The Labute approximate surface area is 139 Å². The summed E-state index contributed by atoms with van der Waals surface area (Å²) in [5, 5.41) is 7.61. The Morgan fingerprint density at radius 2 is 2.25 bits per heavy atom. The van der Waals surface area contributed by atoms with E-state index in [2.05, 4.69) is 10.4 Å². The van der Waals surface area contributed by atoms with E-state index in [1.807, 2.05) is 6.92 Å². The van der Waals surface area contributed by atoms with Crippen LogP contribution in [0.25, 0.3) is 5.88 Å². The molecular formula is C17H18N4O3. The second-order valence-corrected chi connectivity index (χ2v) is 6.03. The first-order chi connectivity index (χ1) is 12.0. The van der Waals surface area contributed by atoms with Crippen molar-refractivity contribution in [2.24, 2.45) is 7.05 Å². The quantitative estimate of drug-likeness (QED) is 0.718. The number of aromatic nitrogens is 4. The predicted octanol–water partition coefficient (Wildman–Crippen LogP) is 2.32. The van der Waals surface area contributed by atoms with Gasteiger partial charge in [0.1, 0.15) is 12.4 Å². The van der Waals surface area contributed by atoms with E-state index < -0.39 is 0 Å². The second kappa shape index (κ2) is 5.67. The van der Waals surface area contributed by atoms with E-state index in [1.54, 1.807) is 31.5 Å². The first-order valence-corrected chi connectivity index (χ1v) is 7.84. The molecule has 1 saturated carbocycles. The number of furan rings is 1. The minimum Gasteiger partial charge on any atom is -0.488 e. The van der Waals surface area contributed by atoms with Gasteiger partial charge in [0.15, 0.2) is 0 Å². The summed E-state index contributed by atoms with van der Waals surface area (Å²) in [4.78, 5) is 12.2. The lowest BCUT2D eigenvalue weighted by atomic mass is 10.1. The summed E-state index contributed by atoms with van der Waals surface area (Å²) in [5.41, 5.74) is 2.40. The van der Waals surface area contributed by atoms with Crippen LogP contribution in [0.15, 0.2) is 39.7 Å². The molecule has 4 rings (SSSR count). The second-order valence-electron chi connectivity index (χ2n) is 6.03. The smallest absolute Gasteiger partial charge is 0.370 e. The maximum absolute atomic E-state index is 12.2. The normalized spacial score (nSPS) is 14.7. The van der Waals surface area contributed by atoms with Crippen molar-refractivity contribution in [3.63, 3.8) is 0 Å². The van der Waals surface area contributed by atoms with Gasteiger partial charge in [0.2, 0.25) is 5.88 Å². The lowest BCUT2D eigenvalue weighted by Gasteiger charge is -2.10. The summed E-state index contributed by atoms with van der Waals surface area (Å²) >= 11 is 0. The molecule has 0 bridgehead atoms. The summed E-state index contributed by atoms with van der Waals surface area (Å²) < 4.78 is 21.6. The molecule has 24 heavy (non-hydrogen) atoms. The molecule has 0 N–H and O–H groups in total. The average Bonchev–Trinajstić information content (AvgIpc) is 3.27. The molecule has 1 fully saturated rings. The van der Waals surface area contributed by atoms with E-state index >= 15 is 0 Å². The zero-order valence-electron chi connectivity index (χ0n) is 14.5. The molecule has 1 aliphatic rings. The third-order valence-corrected chi connectivity index (χ3v) is 4.23. The molecule has 0 aliphatic heterocycles. The Bertz CT molecular complexity index is 984. The molecule has 0 amide bonds. The van der Waals surface area contributed by atoms with Crippen molar-refractivity contribution in [3.8, 4) is 11.6 Å². The molecule has 0 atom stereocenters. The summed E-state index contributed by atoms with van der Waals surface area (Å²) in [6, 6.07) is 5.66. The number of benzene rings is 1. The van der Waals surface area contributed by atoms with Gasteiger partial charge in [-0.2, -0.15) is 4.68 Å². The number of ether oxygens (including phenoxy) is 1. The van der Waals surface area contributed by atoms with Crippen molar-refractivity contribution in [1.82, 2.24) is 19.8 Å². The SMILES string of the molecule is [3H]c1ccc(OCc2c(C3CC3)coc2-n2nnn(C)c2=O)c(C)c1. The Kier molecular flexibility index (Phi) is 3.21. The van der Waals surface area contributed by atoms with Gasteiger partial charge < -0.3 is 9.15 Å². The Balaban J connectivity index is 1.69. The predicted molar refractivity (Wildman–Crippen MR) is 86.4 cm³/mol. The largest absolute Gasteiger partial charge is 0.488 e. The van der Waals surface area contributed by atoms with Gasteiger partial charge in [-0.05, 0) is 47.7 Å². The van der Waals surface area contributed by atoms with Gasteiger partial charge in [0.05, 0.1) is 13.2 Å². The van der Waals surface area contributed by atoms with Gasteiger partial charge in [-0.15, -0.1) is 4.68 Å². The van der Waals surface area contributed by atoms with Crippen LogP contribution in [-0.4, -0.2) is 19.8 Å². The highest BCUT2D eigenvalue weighted by Gasteiger charge is 2.31. The highest BCUT2D eigenvalue weighted by molar-refractivity contribution is 5.41. The number of tetrazole rings is 1. The lowest BCUT2D eigenvalue weighted by Crippen LogP contribution is -2.22. The van der Waals surface area contributed by atoms with Crippen molar-refractivity contribution < 1.29 is 10.5 Å². The van der Waals surface area contributed by atoms with Crippen molar-refractivity contribution in [2.75, 3.05) is 0 Å². The van der Waals surface area contributed by atoms with Crippen molar-refractivity contribution in [1.29, 1.82) is 0 Å². The van der Waals surface area contributed by atoms with Crippen LogP contribution in [0.1, 0.15) is 36.8 Å². The molecule has 1 aliphatic carbocycles. The molecule has 0 saturated heterocycles. The highest BCUT2D eigenvalue weighted by atomic mass is 16.5. The molecule has 7 heteroatoms. The summed E-state index contributed by atoms with van der Waals surface area (Å²) in [7, 11) is 1.54. The van der Waals surface area contributed by atoms with Gasteiger partial charge in [-0.3, -0.25) is 0 Å². The van der Waals surface area contributed by atoms with E-state index in [0.717, 1.165) is 38.9 Å². The van der Waals surface area contributed by atoms with Gasteiger partial charge in [-0.1, -0.05) is 18.2 Å². The van der Waals surface area contributed by atoms with Crippen molar-refractivity contribution in [3.05, 3.63) is 57.7 Å². The van der Waals surface area contributed by atoms with E-state index in [-0.39, 0.29) is 12.3 Å². The maximum Gasteiger partial charge on any atom is 0.370 e. The standard InChI is InChI=1S/C17H18N4O3/c1-11-5-3-4-6-15(11)23-10-14-13(12-7-8-12)9-24-16(14)21-17(22)20(2)18-19-21/h3-6,9,12H,7-8,10H2,1-2H3/i3T. The molecular weight excluding hydrogens is 308 g/mol. The Morgan fingerprint density at radius 3 is 2.92 bits per heavy atom. The molecule has 7 nitrogen and oxygen atoms in total. The number of nitrogens with zero attached hydrogens (tertiary/aromatic N) is 4. The molecule has 0 spiro atoms. The van der Waals surface area contributed by atoms with Crippen LogP contribution in [0.3, 0.4) is 0 Å². The van der Waals surface area contributed by atoms with Gasteiger partial charge in [0.25, 0.3) is 0 Å². The van der Waals surface area contributed by atoms with Crippen molar-refractivity contribution in [2.45, 2.75) is 32.3 Å². The summed E-state index contributed by atoms with van der Waals surface area (Å²) in [5.74, 6) is 1.51. The number of rotatable bonds is 5. The van der Waals surface area contributed by atoms with Crippen LogP contribution < -0.4 is 10.4 Å². The molecule has 2 aromatic heterocycles. The molecule has 2 heterocycles. The minimum absolute atomic E-state index is 0.263. The topological polar surface area (TPSA) is 75.1 Å². The van der Waals surface area contributed by atoms with Crippen LogP contribution in [0.5, 0.6) is 5.75 Å². The van der Waals surface area contributed by atoms with E-state index in [4.69, 9.17) is 10.5 Å². The average molecular weight is 328 g/mol. The van der Waals surface area contributed by atoms with Crippen LogP contribution in [-0.2, 0) is 13.7 Å². The van der Waals surface area contributed by atoms with Crippen LogP contribution in [0.2, 0.25) is 0 Å². The molecule has 0 unspecified atom stereocenters. The summed E-state index contributed by atoms with van der Waals surface area (Å²) in [6.45, 7) is 2.16. The fourth-order valence-electron chi connectivity index (χ4n) is 2.70. The van der Waals surface area contributed by atoms with Crippen LogP contribution in [0, 0.1) is 6.92 Å². The van der Waals surface area contributed by atoms with E-state index in [9.17, 15) is 4.79 Å². The zero-order chi connectivity index (χ0) is 17.6. The van der Waals surface area contributed by atoms with Gasteiger partial charge in [0, 0.05) is 12.6 Å². The molecule has 0 radical (unpaired) electrons. The Morgan fingerprint density at radius 1 is 1.42 bits per heavy atom. The minimum atomic E-state index is -0.368. The Hall–Kier alpha value is -2.83. The number of aryl methyl sites for hydroxylation is 2. The number of hydrogen-bond acceptors (Lipinski definition) is 5. The third kappa shape index (κ3) is 2.51. The molecule has 124 valence electrons. The van der Waals surface area contributed by atoms with Crippen molar-refractivity contribution >= 4 is 0 Å². The third-order valence-electron chi connectivity index (χ3n) is 4.23. The first kappa shape index (κ1) is 13.6. The van der Waals surface area contributed by atoms with E-state index in [1.165, 1.54) is 0 Å². The fourth-order valence-corrected chi connectivity index (χ4v) is 2.70. The summed E-state index contributed by atoms with van der Waals surface area (Å²) in [6.07, 6.45) is 3.90. The monoisotopic (exact) mass is 328 g/mol. The van der Waals surface area contributed by atoms with Crippen LogP contribution >= 0.6 is 0 Å². The number of hydrogen-bond donors (Lipinski definition) is 0. The fraction of sp³-hybridized carbons (Fsp3) is 0.353. The van der Waals surface area contributed by atoms with Gasteiger partial charge in [-0.25, -0.2) is 4.79 Å². The number of para-hydroxylation sites is 1. The lowest BCUT2D eigenvalue weighted by molar-refractivity contribution is 0.300. The van der Waals surface area contributed by atoms with Gasteiger partial charge >= 0.3 is 5.69 Å².